The molecule has 0 saturated carbocycles. The van der Waals surface area contributed by atoms with E-state index in [1.807, 2.05) is 12.1 Å². The second-order valence-corrected chi connectivity index (χ2v) is 5.98. The van der Waals surface area contributed by atoms with Gasteiger partial charge in [-0.3, -0.25) is 0 Å². The predicted octanol–water partition coefficient (Wildman–Crippen LogP) is 4.69. The summed E-state index contributed by atoms with van der Waals surface area (Å²) in [5.74, 6) is 0. The minimum Gasteiger partial charge on any atom is -0.316 e. The molecule has 0 fully saturated rings. The maximum atomic E-state index is 5.93. The minimum atomic E-state index is 0.345. The van der Waals surface area contributed by atoms with Crippen LogP contribution in [-0.4, -0.2) is 13.1 Å². The molecule has 0 aliphatic rings. The highest BCUT2D eigenvalue weighted by atomic mass is 35.5. The molecule has 0 spiro atoms. The summed E-state index contributed by atoms with van der Waals surface area (Å²) in [5, 5.41) is 4.39. The van der Waals surface area contributed by atoms with Gasteiger partial charge in [0.2, 0.25) is 0 Å². The molecule has 1 atom stereocenters. The predicted molar refractivity (Wildman–Crippen MR) is 81.3 cm³/mol. The molecule has 0 aliphatic carbocycles. The smallest absolute Gasteiger partial charge is 0.0406 e. The number of halogens is 1. The molecule has 1 aromatic rings. The lowest BCUT2D eigenvalue weighted by atomic mass is 9.79. The van der Waals surface area contributed by atoms with Gasteiger partial charge in [0.15, 0.2) is 0 Å². The van der Waals surface area contributed by atoms with E-state index in [9.17, 15) is 0 Å². The fourth-order valence-corrected chi connectivity index (χ4v) is 2.63. The van der Waals surface area contributed by atoms with Crippen LogP contribution in [0, 0.1) is 5.41 Å². The molecule has 0 radical (unpaired) electrons. The van der Waals surface area contributed by atoms with Gasteiger partial charge in [0.1, 0.15) is 0 Å². The maximum Gasteiger partial charge on any atom is 0.0406 e. The van der Waals surface area contributed by atoms with E-state index in [-0.39, 0.29) is 0 Å². The van der Waals surface area contributed by atoms with Gasteiger partial charge in [-0.15, -0.1) is 0 Å². The van der Waals surface area contributed by atoms with E-state index in [2.05, 4.69) is 38.2 Å². The van der Waals surface area contributed by atoms with Gasteiger partial charge in [-0.1, -0.05) is 50.9 Å². The molecule has 18 heavy (non-hydrogen) atoms. The SMILES string of the molecule is CCCNCC(C)(CCC)Cc1ccc(Cl)cc1. The number of hydrogen-bond acceptors (Lipinski definition) is 1. The first-order chi connectivity index (χ1) is 8.59. The van der Waals surface area contributed by atoms with E-state index in [0.29, 0.717) is 5.41 Å². The Labute approximate surface area is 117 Å². The van der Waals surface area contributed by atoms with Crippen LogP contribution in [0.1, 0.15) is 45.6 Å². The zero-order valence-corrected chi connectivity index (χ0v) is 12.7. The number of benzene rings is 1. The van der Waals surface area contributed by atoms with Crippen LogP contribution in [-0.2, 0) is 6.42 Å². The third kappa shape index (κ3) is 5.41. The lowest BCUT2D eigenvalue weighted by Gasteiger charge is -2.30. The van der Waals surface area contributed by atoms with E-state index in [0.717, 1.165) is 24.5 Å². The largest absolute Gasteiger partial charge is 0.316 e. The van der Waals surface area contributed by atoms with Gasteiger partial charge in [-0.2, -0.15) is 0 Å². The Morgan fingerprint density at radius 3 is 2.33 bits per heavy atom. The standard InChI is InChI=1S/C16H26ClN/c1-4-10-16(3,13-18-11-5-2)12-14-6-8-15(17)9-7-14/h6-9,18H,4-5,10-13H2,1-3H3. The molecule has 102 valence electrons. The molecule has 0 saturated heterocycles. The minimum absolute atomic E-state index is 0.345. The highest BCUT2D eigenvalue weighted by Crippen LogP contribution is 2.28. The fourth-order valence-electron chi connectivity index (χ4n) is 2.50. The summed E-state index contributed by atoms with van der Waals surface area (Å²) in [6.45, 7) is 9.06. The van der Waals surface area contributed by atoms with Gasteiger partial charge in [0.05, 0.1) is 0 Å². The van der Waals surface area contributed by atoms with Crippen molar-refractivity contribution in [2.24, 2.45) is 5.41 Å². The highest BCUT2D eigenvalue weighted by molar-refractivity contribution is 6.30. The average Bonchev–Trinajstić information content (AvgIpc) is 2.33. The van der Waals surface area contributed by atoms with Crippen molar-refractivity contribution in [1.29, 1.82) is 0 Å². The van der Waals surface area contributed by atoms with Crippen LogP contribution in [0.2, 0.25) is 5.02 Å². The van der Waals surface area contributed by atoms with Crippen LogP contribution < -0.4 is 5.32 Å². The zero-order valence-electron chi connectivity index (χ0n) is 11.9. The Morgan fingerprint density at radius 2 is 1.78 bits per heavy atom. The van der Waals surface area contributed by atoms with Gasteiger partial charge in [-0.05, 0) is 48.9 Å². The van der Waals surface area contributed by atoms with Gasteiger partial charge in [-0.25, -0.2) is 0 Å². The van der Waals surface area contributed by atoms with Gasteiger partial charge in [0.25, 0.3) is 0 Å². The van der Waals surface area contributed by atoms with E-state index < -0.39 is 0 Å². The van der Waals surface area contributed by atoms with Gasteiger partial charge >= 0.3 is 0 Å². The van der Waals surface area contributed by atoms with Crippen LogP contribution in [0.5, 0.6) is 0 Å². The van der Waals surface area contributed by atoms with Crippen molar-refractivity contribution in [2.75, 3.05) is 13.1 Å². The third-order valence-electron chi connectivity index (χ3n) is 3.38. The first kappa shape index (κ1) is 15.5. The normalized spacial score (nSPS) is 14.4. The summed E-state index contributed by atoms with van der Waals surface area (Å²) in [6.07, 6.45) is 4.81. The lowest BCUT2D eigenvalue weighted by molar-refractivity contribution is 0.275. The molecular weight excluding hydrogens is 242 g/mol. The molecule has 1 rings (SSSR count). The molecule has 1 nitrogen and oxygen atoms in total. The monoisotopic (exact) mass is 267 g/mol. The van der Waals surface area contributed by atoms with Crippen LogP contribution in [0.3, 0.4) is 0 Å². The van der Waals surface area contributed by atoms with E-state index in [1.54, 1.807) is 0 Å². The van der Waals surface area contributed by atoms with E-state index in [1.165, 1.54) is 24.8 Å². The number of hydrogen-bond donors (Lipinski definition) is 1. The molecule has 0 bridgehead atoms. The molecule has 2 heteroatoms. The van der Waals surface area contributed by atoms with E-state index in [4.69, 9.17) is 11.6 Å². The van der Waals surface area contributed by atoms with Crippen molar-refractivity contribution in [3.8, 4) is 0 Å². The Balaban J connectivity index is 2.62. The van der Waals surface area contributed by atoms with Crippen molar-refractivity contribution >= 4 is 11.6 Å². The zero-order chi connectivity index (χ0) is 13.4. The van der Waals surface area contributed by atoms with Crippen molar-refractivity contribution < 1.29 is 0 Å². The number of rotatable bonds is 8. The van der Waals surface area contributed by atoms with Gasteiger partial charge < -0.3 is 5.32 Å². The van der Waals surface area contributed by atoms with Crippen molar-refractivity contribution in [2.45, 2.75) is 46.5 Å². The summed E-state index contributed by atoms with van der Waals surface area (Å²) in [7, 11) is 0. The Kier molecular flexibility index (Phi) is 6.73. The molecule has 1 unspecified atom stereocenters. The molecule has 0 aliphatic heterocycles. The van der Waals surface area contributed by atoms with Gasteiger partial charge in [0, 0.05) is 11.6 Å². The van der Waals surface area contributed by atoms with Crippen molar-refractivity contribution in [3.05, 3.63) is 34.9 Å². The summed E-state index contributed by atoms with van der Waals surface area (Å²) in [5.41, 5.74) is 1.73. The molecule has 0 amide bonds. The Bertz CT molecular complexity index is 333. The second-order valence-electron chi connectivity index (χ2n) is 5.54. The van der Waals surface area contributed by atoms with Crippen LogP contribution in [0.4, 0.5) is 0 Å². The molecule has 0 heterocycles. The molecule has 1 N–H and O–H groups in total. The van der Waals surface area contributed by atoms with E-state index >= 15 is 0 Å². The molecule has 0 aromatic heterocycles. The summed E-state index contributed by atoms with van der Waals surface area (Å²) < 4.78 is 0. The topological polar surface area (TPSA) is 12.0 Å². The molecule has 1 aromatic carbocycles. The quantitative estimate of drug-likeness (QED) is 0.674. The molecular formula is C16H26ClN. The lowest BCUT2D eigenvalue weighted by Crippen LogP contribution is -2.34. The third-order valence-corrected chi connectivity index (χ3v) is 3.63. The highest BCUT2D eigenvalue weighted by Gasteiger charge is 2.23. The van der Waals surface area contributed by atoms with Crippen molar-refractivity contribution in [3.63, 3.8) is 0 Å². The fraction of sp³-hybridized carbons (Fsp3) is 0.625. The Hall–Kier alpha value is -0.530. The summed E-state index contributed by atoms with van der Waals surface area (Å²) in [4.78, 5) is 0. The maximum absolute atomic E-state index is 5.93. The second kappa shape index (κ2) is 7.81. The number of nitrogens with one attached hydrogen (secondary N) is 1. The average molecular weight is 268 g/mol. The summed E-state index contributed by atoms with van der Waals surface area (Å²) in [6, 6.07) is 8.28. The van der Waals surface area contributed by atoms with Crippen LogP contribution in [0.25, 0.3) is 0 Å². The van der Waals surface area contributed by atoms with Crippen LogP contribution in [0.15, 0.2) is 24.3 Å². The van der Waals surface area contributed by atoms with Crippen LogP contribution >= 0.6 is 11.6 Å². The Morgan fingerprint density at radius 1 is 1.11 bits per heavy atom. The summed E-state index contributed by atoms with van der Waals surface area (Å²) >= 11 is 5.93. The first-order valence-corrected chi connectivity index (χ1v) is 7.42. The first-order valence-electron chi connectivity index (χ1n) is 7.05. The van der Waals surface area contributed by atoms with Crippen molar-refractivity contribution in [1.82, 2.24) is 5.32 Å².